The zero-order chi connectivity index (χ0) is 8.81. The maximum Gasteiger partial charge on any atom is 0.247 e. The molecule has 1 atom stereocenters. The predicted molar refractivity (Wildman–Crippen MR) is 47.6 cm³/mol. The molecular weight excluding hydrogens is 176 g/mol. The molecule has 1 saturated heterocycles. The van der Waals surface area contributed by atoms with Crippen LogP contribution in [0.4, 0.5) is 0 Å². The van der Waals surface area contributed by atoms with Crippen molar-refractivity contribution in [1.82, 2.24) is 4.90 Å². The van der Waals surface area contributed by atoms with E-state index < -0.39 is 0 Å². The van der Waals surface area contributed by atoms with Crippen LogP contribution in [0.5, 0.6) is 0 Å². The van der Waals surface area contributed by atoms with Gasteiger partial charge < -0.3 is 4.74 Å². The summed E-state index contributed by atoms with van der Waals surface area (Å²) in [6.07, 6.45) is 1.52. The largest absolute Gasteiger partial charge is 0.379 e. The van der Waals surface area contributed by atoms with E-state index in [9.17, 15) is 4.79 Å². The summed E-state index contributed by atoms with van der Waals surface area (Å²) in [6.45, 7) is 5.41. The van der Waals surface area contributed by atoms with Gasteiger partial charge in [-0.15, -0.1) is 4.40 Å². The lowest BCUT2D eigenvalue weighted by Gasteiger charge is -2.30. The lowest BCUT2D eigenvalue weighted by atomic mass is 10.4. The van der Waals surface area contributed by atoms with Crippen LogP contribution in [0.25, 0.3) is 0 Å². The monoisotopic (exact) mass is 188 g/mol. The number of hydrogen-bond acceptors (Lipinski definition) is 5. The molecule has 4 nitrogen and oxygen atoms in total. The summed E-state index contributed by atoms with van der Waals surface area (Å²) in [5.74, 6) is 0. The van der Waals surface area contributed by atoms with Gasteiger partial charge in [0.25, 0.3) is 0 Å². The molecule has 1 aliphatic rings. The van der Waals surface area contributed by atoms with E-state index in [0.717, 1.165) is 26.3 Å². The minimum absolute atomic E-state index is 0.246. The molecule has 12 heavy (non-hydrogen) atoms. The molecular formula is C7H12N2O2S. The van der Waals surface area contributed by atoms with E-state index in [4.69, 9.17) is 4.74 Å². The van der Waals surface area contributed by atoms with E-state index >= 15 is 0 Å². The summed E-state index contributed by atoms with van der Waals surface area (Å²) >= 11 is 1.25. The highest BCUT2D eigenvalue weighted by molar-refractivity contribution is 7.98. The molecule has 0 N–H and O–H groups in total. The molecule has 0 bridgehead atoms. The second-order valence-corrected chi connectivity index (χ2v) is 3.61. The van der Waals surface area contributed by atoms with Crippen LogP contribution < -0.4 is 0 Å². The highest BCUT2D eigenvalue weighted by Gasteiger charge is 2.16. The molecule has 0 saturated carbocycles. The molecule has 68 valence electrons. The molecule has 1 aliphatic heterocycles. The summed E-state index contributed by atoms with van der Waals surface area (Å²) in [4.78, 5) is 12.1. The third kappa shape index (κ3) is 2.95. The number of ether oxygens (including phenoxy) is 1. The summed E-state index contributed by atoms with van der Waals surface area (Å²) in [5.41, 5.74) is 0. The molecule has 5 heteroatoms. The Balaban J connectivity index is 2.28. The number of isocyanates is 1. The van der Waals surface area contributed by atoms with Crippen LogP contribution in [0.2, 0.25) is 0 Å². The third-order valence-electron chi connectivity index (χ3n) is 1.80. The van der Waals surface area contributed by atoms with Crippen molar-refractivity contribution >= 4 is 18.0 Å². The smallest absolute Gasteiger partial charge is 0.247 e. The minimum atomic E-state index is 0.246. The summed E-state index contributed by atoms with van der Waals surface area (Å²) in [6, 6.07) is 0. The molecule has 1 heterocycles. The van der Waals surface area contributed by atoms with Crippen molar-refractivity contribution < 1.29 is 9.53 Å². The van der Waals surface area contributed by atoms with Gasteiger partial charge in [-0.25, -0.2) is 4.79 Å². The average molecular weight is 188 g/mol. The van der Waals surface area contributed by atoms with Crippen LogP contribution in [-0.2, 0) is 9.53 Å². The Morgan fingerprint density at radius 3 is 2.83 bits per heavy atom. The molecule has 0 aromatic carbocycles. The van der Waals surface area contributed by atoms with Gasteiger partial charge in [-0.05, 0) is 6.92 Å². The molecule has 0 aliphatic carbocycles. The minimum Gasteiger partial charge on any atom is -0.379 e. The molecule has 0 amide bonds. The van der Waals surface area contributed by atoms with Gasteiger partial charge in [-0.1, -0.05) is 0 Å². The summed E-state index contributed by atoms with van der Waals surface area (Å²) in [5, 5.41) is 0.246. The standard InChI is InChI=1S/C7H12N2O2S/c1-7(12-8-6-10)9-2-4-11-5-3-9/h7H,2-5H2,1H3. The second-order valence-electron chi connectivity index (χ2n) is 2.54. The van der Waals surface area contributed by atoms with Crippen molar-refractivity contribution in [3.63, 3.8) is 0 Å². The van der Waals surface area contributed by atoms with Gasteiger partial charge in [-0.3, -0.25) is 4.90 Å². The Bertz CT molecular complexity index is 176. The SMILES string of the molecule is CC(SN=C=O)N1CCOCC1. The third-order valence-corrected chi connectivity index (χ3v) is 2.59. The molecule has 0 aromatic rings. The van der Waals surface area contributed by atoms with E-state index in [2.05, 4.69) is 9.30 Å². The van der Waals surface area contributed by atoms with Crippen molar-refractivity contribution in [3.05, 3.63) is 0 Å². The first-order valence-electron chi connectivity index (χ1n) is 3.89. The van der Waals surface area contributed by atoms with Crippen molar-refractivity contribution in [3.8, 4) is 0 Å². The van der Waals surface area contributed by atoms with Gasteiger partial charge in [0.05, 0.1) is 18.6 Å². The maximum atomic E-state index is 9.84. The van der Waals surface area contributed by atoms with Crippen LogP contribution in [0.1, 0.15) is 6.92 Å². The van der Waals surface area contributed by atoms with Crippen molar-refractivity contribution in [2.75, 3.05) is 26.3 Å². The lowest BCUT2D eigenvalue weighted by molar-refractivity contribution is 0.0351. The highest BCUT2D eigenvalue weighted by Crippen LogP contribution is 2.16. The van der Waals surface area contributed by atoms with Gasteiger partial charge in [0.15, 0.2) is 0 Å². The Morgan fingerprint density at radius 2 is 2.25 bits per heavy atom. The van der Waals surface area contributed by atoms with E-state index in [1.165, 1.54) is 18.0 Å². The Morgan fingerprint density at radius 1 is 1.58 bits per heavy atom. The Kier molecular flexibility index (Phi) is 4.32. The first-order chi connectivity index (χ1) is 5.84. The van der Waals surface area contributed by atoms with Crippen LogP contribution in [0, 0.1) is 0 Å². The van der Waals surface area contributed by atoms with Gasteiger partial charge in [0, 0.05) is 25.0 Å². The van der Waals surface area contributed by atoms with E-state index in [-0.39, 0.29) is 5.37 Å². The zero-order valence-electron chi connectivity index (χ0n) is 7.02. The first-order valence-corrected chi connectivity index (χ1v) is 4.73. The van der Waals surface area contributed by atoms with Crippen molar-refractivity contribution in [2.45, 2.75) is 12.3 Å². The van der Waals surface area contributed by atoms with E-state index in [1.807, 2.05) is 6.92 Å². The second kappa shape index (κ2) is 5.32. The average Bonchev–Trinajstić information content (AvgIpc) is 2.15. The highest BCUT2D eigenvalue weighted by atomic mass is 32.2. The van der Waals surface area contributed by atoms with Crippen molar-refractivity contribution in [1.29, 1.82) is 0 Å². The van der Waals surface area contributed by atoms with Crippen LogP contribution in [-0.4, -0.2) is 42.7 Å². The molecule has 1 rings (SSSR count). The molecule has 0 radical (unpaired) electrons. The molecule has 1 unspecified atom stereocenters. The molecule has 1 fully saturated rings. The predicted octanol–water partition coefficient (Wildman–Crippen LogP) is 0.649. The first kappa shape index (κ1) is 9.74. The van der Waals surface area contributed by atoms with E-state index in [1.54, 1.807) is 0 Å². The number of morpholine rings is 1. The zero-order valence-corrected chi connectivity index (χ0v) is 7.84. The van der Waals surface area contributed by atoms with Crippen molar-refractivity contribution in [2.24, 2.45) is 4.40 Å². The van der Waals surface area contributed by atoms with Crippen LogP contribution in [0.15, 0.2) is 4.40 Å². The van der Waals surface area contributed by atoms with Gasteiger partial charge >= 0.3 is 0 Å². The fourth-order valence-corrected chi connectivity index (χ4v) is 1.65. The summed E-state index contributed by atoms with van der Waals surface area (Å²) in [7, 11) is 0. The van der Waals surface area contributed by atoms with Crippen LogP contribution >= 0.6 is 11.9 Å². The fraction of sp³-hybridized carbons (Fsp3) is 0.857. The topological polar surface area (TPSA) is 41.9 Å². The molecule has 0 aromatic heterocycles. The lowest BCUT2D eigenvalue weighted by Crippen LogP contribution is -2.40. The number of carbonyl (C=O) groups excluding carboxylic acids is 1. The quantitative estimate of drug-likeness (QED) is 0.370. The summed E-state index contributed by atoms with van der Waals surface area (Å²) < 4.78 is 8.67. The maximum absolute atomic E-state index is 9.84. The number of rotatable bonds is 3. The molecule has 0 spiro atoms. The fourth-order valence-electron chi connectivity index (χ4n) is 1.11. The van der Waals surface area contributed by atoms with Gasteiger partial charge in [-0.2, -0.15) is 0 Å². The van der Waals surface area contributed by atoms with Crippen LogP contribution in [0.3, 0.4) is 0 Å². The Labute approximate surface area is 76.1 Å². The normalized spacial score (nSPS) is 21.4. The Hall–Kier alpha value is -0.350. The van der Waals surface area contributed by atoms with Gasteiger partial charge in [0.2, 0.25) is 6.08 Å². The van der Waals surface area contributed by atoms with E-state index in [0.29, 0.717) is 0 Å². The van der Waals surface area contributed by atoms with Gasteiger partial charge in [0.1, 0.15) is 0 Å². The number of nitrogens with zero attached hydrogens (tertiary/aromatic N) is 2. The number of hydrogen-bond donors (Lipinski definition) is 0.